The van der Waals surface area contributed by atoms with Crippen LogP contribution in [0, 0.1) is 0 Å². The molecule has 322 valence electrons. The van der Waals surface area contributed by atoms with E-state index in [1.165, 1.54) is 0 Å². The van der Waals surface area contributed by atoms with Crippen molar-refractivity contribution in [2.24, 2.45) is 0 Å². The molecule has 9 heteroatoms. The Morgan fingerprint density at radius 1 is 0.232 bits per heavy atom. The standard InChI is InChI=1S/C60H36N8O/c1-5-17-37(18-6-1)55-43-25-13-15-27-47(43)61-59(67-55)51-35-49(63-57(65-51)39-21-9-3-10-22-39)41-29-31-53-45(33-41)46-34-42(30-32-54(46)69-53)50-36-52(66-58(64-50)40-23-11-4-12-24-40)60-62-48-28-16-14-26-44(48)56(68-60)38-19-7-2-8-20-38/h1-36H. The van der Waals surface area contributed by atoms with Gasteiger partial charge in [-0.05, 0) is 60.7 Å². The Balaban J connectivity index is 0.959. The number of hydrogen-bond acceptors (Lipinski definition) is 9. The maximum atomic E-state index is 6.49. The van der Waals surface area contributed by atoms with Crippen LogP contribution in [0.3, 0.4) is 0 Å². The van der Waals surface area contributed by atoms with E-state index in [4.69, 9.17) is 44.3 Å². The van der Waals surface area contributed by atoms with E-state index in [1.54, 1.807) is 0 Å². The van der Waals surface area contributed by atoms with E-state index in [-0.39, 0.29) is 0 Å². The molecule has 0 aliphatic heterocycles. The van der Waals surface area contributed by atoms with Crippen molar-refractivity contribution in [3.8, 4) is 90.8 Å². The van der Waals surface area contributed by atoms with Crippen LogP contribution in [0.4, 0.5) is 0 Å². The third-order valence-electron chi connectivity index (χ3n) is 12.3. The summed E-state index contributed by atoms with van der Waals surface area (Å²) in [6.07, 6.45) is 0. The first-order chi connectivity index (χ1) is 34.1. The second kappa shape index (κ2) is 16.7. The summed E-state index contributed by atoms with van der Waals surface area (Å²) in [5.74, 6) is 2.16. The zero-order valence-electron chi connectivity index (χ0n) is 36.8. The summed E-state index contributed by atoms with van der Waals surface area (Å²) >= 11 is 0. The normalized spacial score (nSPS) is 11.5. The molecule has 0 atom stereocenters. The number of nitrogens with zero attached hydrogens (tertiary/aromatic N) is 8. The van der Waals surface area contributed by atoms with Crippen LogP contribution in [0.25, 0.3) is 135 Å². The van der Waals surface area contributed by atoms with Crippen LogP contribution in [0.5, 0.6) is 0 Å². The molecular weight excluding hydrogens is 849 g/mol. The van der Waals surface area contributed by atoms with Crippen molar-refractivity contribution in [1.29, 1.82) is 0 Å². The van der Waals surface area contributed by atoms with Gasteiger partial charge in [0.15, 0.2) is 23.3 Å². The van der Waals surface area contributed by atoms with Gasteiger partial charge in [-0.1, -0.05) is 158 Å². The fraction of sp³-hybridized carbons (Fsp3) is 0. The molecule has 0 radical (unpaired) electrons. The minimum atomic E-state index is 0.511. The van der Waals surface area contributed by atoms with E-state index in [1.807, 2.05) is 170 Å². The lowest BCUT2D eigenvalue weighted by molar-refractivity contribution is 0.669. The van der Waals surface area contributed by atoms with Gasteiger partial charge in [-0.3, -0.25) is 0 Å². The zero-order valence-corrected chi connectivity index (χ0v) is 36.8. The molecule has 0 bridgehead atoms. The number of aromatic nitrogens is 8. The molecule has 0 aliphatic carbocycles. The molecule has 13 rings (SSSR count). The van der Waals surface area contributed by atoms with E-state index >= 15 is 0 Å². The Labute approximate surface area is 395 Å². The summed E-state index contributed by atoms with van der Waals surface area (Å²) in [6.45, 7) is 0. The molecule has 0 saturated heterocycles. The number of furan rings is 1. The van der Waals surface area contributed by atoms with Crippen molar-refractivity contribution in [3.05, 3.63) is 218 Å². The van der Waals surface area contributed by atoms with Crippen LogP contribution >= 0.6 is 0 Å². The van der Waals surface area contributed by atoms with Gasteiger partial charge in [-0.2, -0.15) is 0 Å². The van der Waals surface area contributed by atoms with Crippen LogP contribution in [0.2, 0.25) is 0 Å². The van der Waals surface area contributed by atoms with Gasteiger partial charge in [-0.25, -0.2) is 39.9 Å². The quantitative estimate of drug-likeness (QED) is 0.147. The van der Waals surface area contributed by atoms with Crippen LogP contribution in [0.15, 0.2) is 223 Å². The molecule has 5 heterocycles. The Bertz CT molecular complexity index is 3810. The fourth-order valence-corrected chi connectivity index (χ4v) is 8.96. The van der Waals surface area contributed by atoms with Crippen LogP contribution in [0.1, 0.15) is 0 Å². The molecule has 69 heavy (non-hydrogen) atoms. The van der Waals surface area contributed by atoms with Gasteiger partial charge in [-0.15, -0.1) is 0 Å². The smallest absolute Gasteiger partial charge is 0.179 e. The lowest BCUT2D eigenvalue weighted by atomic mass is 10.0. The molecule has 9 nitrogen and oxygen atoms in total. The third-order valence-corrected chi connectivity index (χ3v) is 12.3. The average Bonchev–Trinajstić information content (AvgIpc) is 3.80. The Hall–Kier alpha value is -9.60. The van der Waals surface area contributed by atoms with Crippen molar-refractivity contribution in [1.82, 2.24) is 39.9 Å². The SMILES string of the molecule is c1ccc(-c2nc(-c3ccc4oc5ccc(-c6cc(-c7nc(-c8ccccc8)c8ccccc8n7)nc(-c7ccccc7)n6)cc5c4c3)cc(-c3nc(-c4ccccc4)c4ccccc4n3)n2)cc1. The number of fused-ring (bicyclic) bond motifs is 5. The molecule has 0 amide bonds. The summed E-state index contributed by atoms with van der Waals surface area (Å²) < 4.78 is 6.49. The van der Waals surface area contributed by atoms with Crippen molar-refractivity contribution in [2.75, 3.05) is 0 Å². The number of para-hydroxylation sites is 2. The summed E-state index contributed by atoms with van der Waals surface area (Å²) in [7, 11) is 0. The van der Waals surface area contributed by atoms with Crippen LogP contribution in [-0.4, -0.2) is 39.9 Å². The van der Waals surface area contributed by atoms with Gasteiger partial charge in [0.05, 0.1) is 33.8 Å². The summed E-state index contributed by atoms with van der Waals surface area (Å²) in [4.78, 5) is 41.1. The van der Waals surface area contributed by atoms with Gasteiger partial charge in [0.2, 0.25) is 0 Å². The first kappa shape index (κ1) is 39.7. The minimum Gasteiger partial charge on any atom is -0.456 e. The average molecular weight is 885 g/mol. The molecule has 0 fully saturated rings. The number of rotatable bonds is 8. The molecule has 13 aromatic rings. The zero-order chi connectivity index (χ0) is 45.7. The molecule has 0 saturated carbocycles. The van der Waals surface area contributed by atoms with Crippen molar-refractivity contribution < 1.29 is 4.42 Å². The third kappa shape index (κ3) is 7.40. The van der Waals surface area contributed by atoms with E-state index < -0.39 is 0 Å². The van der Waals surface area contributed by atoms with Gasteiger partial charge < -0.3 is 4.42 Å². The highest BCUT2D eigenvalue weighted by atomic mass is 16.3. The predicted molar refractivity (Wildman–Crippen MR) is 275 cm³/mol. The minimum absolute atomic E-state index is 0.511. The van der Waals surface area contributed by atoms with Gasteiger partial charge in [0.1, 0.15) is 22.6 Å². The van der Waals surface area contributed by atoms with E-state index in [9.17, 15) is 0 Å². The van der Waals surface area contributed by atoms with E-state index in [2.05, 4.69) is 48.5 Å². The summed E-state index contributed by atoms with van der Waals surface area (Å²) in [6, 6.07) is 72.9. The lowest BCUT2D eigenvalue weighted by Gasteiger charge is -2.12. The van der Waals surface area contributed by atoms with Crippen molar-refractivity contribution in [2.45, 2.75) is 0 Å². The van der Waals surface area contributed by atoms with Crippen molar-refractivity contribution in [3.63, 3.8) is 0 Å². The predicted octanol–water partition coefficient (Wildman–Crippen LogP) is 14.4. The summed E-state index contributed by atoms with van der Waals surface area (Å²) in [5.41, 5.74) is 13.1. The highest BCUT2D eigenvalue weighted by molar-refractivity contribution is 6.07. The van der Waals surface area contributed by atoms with E-state index in [0.29, 0.717) is 34.7 Å². The van der Waals surface area contributed by atoms with Crippen LogP contribution < -0.4 is 0 Å². The Morgan fingerprint density at radius 3 is 1.01 bits per heavy atom. The highest BCUT2D eigenvalue weighted by Gasteiger charge is 2.20. The van der Waals surface area contributed by atoms with Gasteiger partial charge in [0, 0.05) is 54.9 Å². The second-order valence-electron chi connectivity index (χ2n) is 16.7. The second-order valence-corrected chi connectivity index (χ2v) is 16.7. The fourth-order valence-electron chi connectivity index (χ4n) is 8.96. The topological polar surface area (TPSA) is 116 Å². The van der Waals surface area contributed by atoms with Crippen LogP contribution in [-0.2, 0) is 0 Å². The molecule has 0 aliphatic rings. The molecular formula is C60H36N8O. The monoisotopic (exact) mass is 884 g/mol. The first-order valence-electron chi connectivity index (χ1n) is 22.7. The first-order valence-corrected chi connectivity index (χ1v) is 22.7. The molecule has 0 unspecified atom stereocenters. The largest absolute Gasteiger partial charge is 0.456 e. The maximum absolute atomic E-state index is 6.49. The Morgan fingerprint density at radius 2 is 0.594 bits per heavy atom. The van der Waals surface area contributed by atoms with Crippen molar-refractivity contribution >= 4 is 43.7 Å². The molecule has 5 aromatic heterocycles. The number of hydrogen-bond donors (Lipinski definition) is 0. The van der Waals surface area contributed by atoms with Gasteiger partial charge in [0.25, 0.3) is 0 Å². The maximum Gasteiger partial charge on any atom is 0.179 e. The summed E-state index contributed by atoms with van der Waals surface area (Å²) in [5, 5.41) is 3.80. The molecule has 8 aromatic carbocycles. The highest BCUT2D eigenvalue weighted by Crippen LogP contribution is 2.38. The van der Waals surface area contributed by atoms with Gasteiger partial charge >= 0.3 is 0 Å². The lowest BCUT2D eigenvalue weighted by Crippen LogP contribution is -2.00. The Kier molecular flexibility index (Phi) is 9.61. The molecule has 0 spiro atoms. The molecule has 0 N–H and O–H groups in total. The number of benzene rings is 8. The van der Waals surface area contributed by atoms with E-state index in [0.717, 1.165) is 99.9 Å².